The Morgan fingerprint density at radius 1 is 1.38 bits per heavy atom. The monoisotopic (exact) mass is 226 g/mol. The Hall–Kier alpha value is -0.570. The molecule has 0 aliphatic heterocycles. The average molecular weight is 226 g/mol. The van der Waals surface area contributed by atoms with Crippen LogP contribution in [0.1, 0.15) is 58.8 Å². The van der Waals surface area contributed by atoms with Gasteiger partial charge in [-0.1, -0.05) is 26.7 Å². The fourth-order valence-electron chi connectivity index (χ4n) is 2.29. The number of hydrogen-bond donors (Lipinski definition) is 2. The highest BCUT2D eigenvalue weighted by Crippen LogP contribution is 2.17. The molecule has 2 unspecified atom stereocenters. The van der Waals surface area contributed by atoms with Crippen molar-refractivity contribution in [1.29, 1.82) is 0 Å². The summed E-state index contributed by atoms with van der Waals surface area (Å²) in [5, 5.41) is 3.08. The molecule has 3 nitrogen and oxygen atoms in total. The van der Waals surface area contributed by atoms with Gasteiger partial charge in [-0.15, -0.1) is 0 Å². The van der Waals surface area contributed by atoms with Crippen LogP contribution in [0, 0.1) is 5.92 Å². The first kappa shape index (κ1) is 13.5. The molecule has 1 aliphatic carbocycles. The Balaban J connectivity index is 2.02. The van der Waals surface area contributed by atoms with Crippen molar-refractivity contribution in [2.45, 2.75) is 70.9 Å². The van der Waals surface area contributed by atoms with Gasteiger partial charge < -0.3 is 11.1 Å². The van der Waals surface area contributed by atoms with E-state index < -0.39 is 0 Å². The van der Waals surface area contributed by atoms with Crippen LogP contribution < -0.4 is 11.1 Å². The zero-order valence-corrected chi connectivity index (χ0v) is 10.7. The maximum absolute atomic E-state index is 11.6. The first-order valence-electron chi connectivity index (χ1n) is 6.63. The molecular formula is C13H26N2O. The van der Waals surface area contributed by atoms with E-state index in [2.05, 4.69) is 19.2 Å². The molecule has 0 bridgehead atoms. The van der Waals surface area contributed by atoms with E-state index in [0.717, 1.165) is 38.0 Å². The zero-order valence-electron chi connectivity index (χ0n) is 10.7. The highest BCUT2D eigenvalue weighted by molar-refractivity contribution is 5.76. The maximum Gasteiger partial charge on any atom is 0.220 e. The van der Waals surface area contributed by atoms with Crippen LogP contribution in [0.2, 0.25) is 0 Å². The number of carbonyl (C=O) groups is 1. The summed E-state index contributed by atoms with van der Waals surface area (Å²) < 4.78 is 0. The van der Waals surface area contributed by atoms with Gasteiger partial charge in [0.2, 0.25) is 5.91 Å². The zero-order chi connectivity index (χ0) is 12.0. The smallest absolute Gasteiger partial charge is 0.220 e. The van der Waals surface area contributed by atoms with Crippen LogP contribution in [0.3, 0.4) is 0 Å². The van der Waals surface area contributed by atoms with Crippen molar-refractivity contribution in [3.05, 3.63) is 0 Å². The van der Waals surface area contributed by atoms with Gasteiger partial charge in [0, 0.05) is 18.5 Å². The molecule has 16 heavy (non-hydrogen) atoms. The van der Waals surface area contributed by atoms with Crippen LogP contribution in [0.4, 0.5) is 0 Å². The minimum atomic E-state index is 0.211. The molecule has 3 heteroatoms. The lowest BCUT2D eigenvalue weighted by molar-refractivity contribution is -0.121. The van der Waals surface area contributed by atoms with Crippen molar-refractivity contribution < 1.29 is 4.79 Å². The Morgan fingerprint density at radius 3 is 2.69 bits per heavy atom. The fraction of sp³-hybridized carbons (Fsp3) is 0.923. The van der Waals surface area contributed by atoms with E-state index in [1.807, 2.05) is 0 Å². The summed E-state index contributed by atoms with van der Waals surface area (Å²) >= 11 is 0. The van der Waals surface area contributed by atoms with E-state index in [9.17, 15) is 4.79 Å². The predicted molar refractivity (Wildman–Crippen MR) is 67.1 cm³/mol. The standard InChI is InChI=1S/C13H26N2O/c1-10(2)5-3-4-6-13(16)15-12-8-7-11(14)9-12/h10-12H,3-9,14H2,1-2H3,(H,15,16). The molecule has 1 aliphatic rings. The molecule has 1 fully saturated rings. The van der Waals surface area contributed by atoms with Crippen LogP contribution in [0.25, 0.3) is 0 Å². The van der Waals surface area contributed by atoms with Crippen LogP contribution in [-0.2, 0) is 4.79 Å². The molecule has 0 spiro atoms. The van der Waals surface area contributed by atoms with Crippen molar-refractivity contribution in [3.63, 3.8) is 0 Å². The van der Waals surface area contributed by atoms with Crippen LogP contribution in [-0.4, -0.2) is 18.0 Å². The molecule has 1 saturated carbocycles. The summed E-state index contributed by atoms with van der Waals surface area (Å²) in [7, 11) is 0. The number of carbonyl (C=O) groups excluding carboxylic acids is 1. The Labute approximate surface area is 99.2 Å². The van der Waals surface area contributed by atoms with Crippen LogP contribution >= 0.6 is 0 Å². The fourth-order valence-corrected chi connectivity index (χ4v) is 2.29. The van der Waals surface area contributed by atoms with Gasteiger partial charge in [-0.25, -0.2) is 0 Å². The Kier molecular flexibility index (Phi) is 5.81. The van der Waals surface area contributed by atoms with Crippen LogP contribution in [0.15, 0.2) is 0 Å². The molecule has 2 atom stereocenters. The first-order valence-corrected chi connectivity index (χ1v) is 6.63. The number of unbranched alkanes of at least 4 members (excludes halogenated alkanes) is 1. The van der Waals surface area contributed by atoms with Gasteiger partial charge >= 0.3 is 0 Å². The van der Waals surface area contributed by atoms with E-state index in [1.165, 1.54) is 6.42 Å². The third-order valence-electron chi connectivity index (χ3n) is 3.27. The van der Waals surface area contributed by atoms with Gasteiger partial charge in [0.05, 0.1) is 0 Å². The Bertz CT molecular complexity index is 216. The van der Waals surface area contributed by atoms with Gasteiger partial charge in [0.25, 0.3) is 0 Å². The highest BCUT2D eigenvalue weighted by atomic mass is 16.1. The van der Waals surface area contributed by atoms with E-state index in [1.54, 1.807) is 0 Å². The quantitative estimate of drug-likeness (QED) is 0.682. The van der Waals surface area contributed by atoms with E-state index >= 15 is 0 Å². The largest absolute Gasteiger partial charge is 0.353 e. The third-order valence-corrected chi connectivity index (χ3v) is 3.27. The van der Waals surface area contributed by atoms with Gasteiger partial charge in [0.1, 0.15) is 0 Å². The lowest BCUT2D eigenvalue weighted by Gasteiger charge is -2.12. The maximum atomic E-state index is 11.6. The SMILES string of the molecule is CC(C)CCCCC(=O)NC1CCC(N)C1. The second-order valence-electron chi connectivity index (χ2n) is 5.48. The summed E-state index contributed by atoms with van der Waals surface area (Å²) in [5.74, 6) is 0.957. The topological polar surface area (TPSA) is 55.1 Å². The summed E-state index contributed by atoms with van der Waals surface area (Å²) in [4.78, 5) is 11.6. The minimum Gasteiger partial charge on any atom is -0.353 e. The van der Waals surface area contributed by atoms with Crippen molar-refractivity contribution >= 4 is 5.91 Å². The van der Waals surface area contributed by atoms with Crippen molar-refractivity contribution in [3.8, 4) is 0 Å². The number of amides is 1. The first-order chi connectivity index (χ1) is 7.58. The molecule has 0 heterocycles. The molecule has 0 saturated heterocycles. The van der Waals surface area contributed by atoms with Gasteiger partial charge in [-0.2, -0.15) is 0 Å². The molecule has 1 rings (SSSR count). The number of hydrogen-bond acceptors (Lipinski definition) is 2. The van der Waals surface area contributed by atoms with Crippen molar-refractivity contribution in [1.82, 2.24) is 5.32 Å². The molecule has 94 valence electrons. The summed E-state index contributed by atoms with van der Waals surface area (Å²) in [6.45, 7) is 4.44. The molecule has 0 aromatic carbocycles. The van der Waals surface area contributed by atoms with E-state index in [0.29, 0.717) is 18.5 Å². The lowest BCUT2D eigenvalue weighted by atomic mass is 10.1. The molecular weight excluding hydrogens is 200 g/mol. The highest BCUT2D eigenvalue weighted by Gasteiger charge is 2.22. The van der Waals surface area contributed by atoms with Crippen LogP contribution in [0.5, 0.6) is 0 Å². The summed E-state index contributed by atoms with van der Waals surface area (Å²) in [6, 6.07) is 0.638. The summed E-state index contributed by atoms with van der Waals surface area (Å²) in [6.07, 6.45) is 7.15. The van der Waals surface area contributed by atoms with Gasteiger partial charge in [0.15, 0.2) is 0 Å². The van der Waals surface area contributed by atoms with E-state index in [-0.39, 0.29) is 5.91 Å². The van der Waals surface area contributed by atoms with Crippen molar-refractivity contribution in [2.75, 3.05) is 0 Å². The minimum absolute atomic E-state index is 0.211. The normalized spacial score (nSPS) is 25.0. The van der Waals surface area contributed by atoms with Gasteiger partial charge in [-0.05, 0) is 31.6 Å². The molecule has 3 N–H and O–H groups in total. The summed E-state index contributed by atoms with van der Waals surface area (Å²) in [5.41, 5.74) is 5.80. The number of rotatable bonds is 6. The van der Waals surface area contributed by atoms with Crippen molar-refractivity contribution in [2.24, 2.45) is 11.7 Å². The predicted octanol–water partition coefficient (Wildman–Crippen LogP) is 2.20. The van der Waals surface area contributed by atoms with Gasteiger partial charge in [-0.3, -0.25) is 4.79 Å². The Morgan fingerprint density at radius 2 is 2.12 bits per heavy atom. The second-order valence-corrected chi connectivity index (χ2v) is 5.48. The molecule has 0 aromatic heterocycles. The van der Waals surface area contributed by atoms with E-state index in [4.69, 9.17) is 5.73 Å². The third kappa shape index (κ3) is 5.50. The second kappa shape index (κ2) is 6.89. The number of nitrogens with one attached hydrogen (secondary N) is 1. The average Bonchev–Trinajstić information content (AvgIpc) is 2.58. The lowest BCUT2D eigenvalue weighted by Crippen LogP contribution is -2.33. The molecule has 0 radical (unpaired) electrons. The number of nitrogens with two attached hydrogens (primary N) is 1. The molecule has 1 amide bonds. The molecule has 0 aromatic rings.